The minimum absolute atomic E-state index is 0.0480. The molecule has 0 radical (unpaired) electrons. The van der Waals surface area contributed by atoms with Crippen LogP contribution in [0, 0.1) is 0 Å². The van der Waals surface area contributed by atoms with Crippen LogP contribution in [0.2, 0.25) is 0 Å². The Morgan fingerprint density at radius 3 is 2.64 bits per heavy atom. The fraction of sp³-hybridized carbons (Fsp3) is 0.167. The lowest BCUT2D eigenvalue weighted by Gasteiger charge is -2.10. The number of amides is 2. The zero-order valence-electron chi connectivity index (χ0n) is 14.6. The van der Waals surface area contributed by atoms with Crippen molar-refractivity contribution in [1.82, 2.24) is 15.1 Å². The van der Waals surface area contributed by atoms with E-state index < -0.39 is 23.6 Å². The summed E-state index contributed by atoms with van der Waals surface area (Å²) < 4.78 is 44.9. The molecule has 2 amide bonds. The van der Waals surface area contributed by atoms with Gasteiger partial charge in [0.2, 0.25) is 0 Å². The molecule has 0 aliphatic carbocycles. The summed E-state index contributed by atoms with van der Waals surface area (Å²) in [6.07, 6.45) is -1.86. The molecule has 0 saturated heterocycles. The summed E-state index contributed by atoms with van der Waals surface area (Å²) in [5.74, 6) is -0.792. The normalized spacial score (nSPS) is 11.3. The number of benzene rings is 1. The van der Waals surface area contributed by atoms with Gasteiger partial charge >= 0.3 is 6.18 Å². The lowest BCUT2D eigenvalue weighted by molar-refractivity contribution is -0.137. The molecule has 0 atom stereocenters. The van der Waals surface area contributed by atoms with Crippen molar-refractivity contribution in [1.29, 1.82) is 0 Å². The lowest BCUT2D eigenvalue weighted by Crippen LogP contribution is -2.26. The van der Waals surface area contributed by atoms with Gasteiger partial charge in [-0.25, -0.2) is 0 Å². The van der Waals surface area contributed by atoms with Crippen molar-refractivity contribution in [2.45, 2.75) is 12.7 Å². The van der Waals surface area contributed by atoms with Gasteiger partial charge in [-0.05, 0) is 30.3 Å². The number of anilines is 1. The minimum Gasteiger partial charge on any atom is -0.467 e. The van der Waals surface area contributed by atoms with Crippen LogP contribution in [-0.2, 0) is 19.8 Å². The number of nitrogens with one attached hydrogen (secondary N) is 2. The molecule has 3 rings (SSSR count). The van der Waals surface area contributed by atoms with E-state index in [4.69, 9.17) is 4.42 Å². The van der Waals surface area contributed by atoms with E-state index in [0.29, 0.717) is 5.76 Å². The highest BCUT2D eigenvalue weighted by Crippen LogP contribution is 2.29. The molecule has 0 bridgehead atoms. The number of aryl methyl sites for hydroxylation is 1. The van der Waals surface area contributed by atoms with Crippen LogP contribution >= 0.6 is 0 Å². The van der Waals surface area contributed by atoms with Gasteiger partial charge in [0, 0.05) is 12.6 Å². The van der Waals surface area contributed by atoms with Gasteiger partial charge in [0.15, 0.2) is 0 Å². The van der Waals surface area contributed by atoms with Crippen LogP contribution < -0.4 is 10.6 Å². The van der Waals surface area contributed by atoms with Crippen LogP contribution in [0.15, 0.2) is 53.3 Å². The number of carbonyl (C=O) groups excluding carboxylic acids is 2. The highest BCUT2D eigenvalue weighted by molar-refractivity contribution is 6.08. The summed E-state index contributed by atoms with van der Waals surface area (Å²) in [6, 6.07) is 7.35. The van der Waals surface area contributed by atoms with Crippen molar-refractivity contribution >= 4 is 17.5 Å². The summed E-state index contributed by atoms with van der Waals surface area (Å²) in [5.41, 5.74) is -1.02. The molecule has 3 aromatic rings. The van der Waals surface area contributed by atoms with Crippen LogP contribution in [0.25, 0.3) is 0 Å². The second-order valence-electron chi connectivity index (χ2n) is 5.83. The molecule has 1 aromatic carbocycles. The molecule has 0 saturated carbocycles. The van der Waals surface area contributed by atoms with Gasteiger partial charge in [0.05, 0.1) is 30.3 Å². The number of aromatic nitrogens is 2. The lowest BCUT2D eigenvalue weighted by atomic mass is 10.1. The molecule has 0 spiro atoms. The first-order valence-electron chi connectivity index (χ1n) is 8.07. The van der Waals surface area contributed by atoms with Crippen molar-refractivity contribution < 1.29 is 27.2 Å². The third kappa shape index (κ3) is 4.22. The van der Waals surface area contributed by atoms with E-state index >= 15 is 0 Å². The summed E-state index contributed by atoms with van der Waals surface area (Å²) in [7, 11) is 1.50. The zero-order chi connectivity index (χ0) is 20.3. The number of nitrogens with zero attached hydrogens (tertiary/aromatic N) is 2. The van der Waals surface area contributed by atoms with E-state index in [0.717, 1.165) is 18.2 Å². The highest BCUT2D eigenvalue weighted by Gasteiger charge is 2.31. The molecule has 2 aromatic heterocycles. The topological polar surface area (TPSA) is 89.2 Å². The van der Waals surface area contributed by atoms with Crippen molar-refractivity contribution in [2.75, 3.05) is 5.32 Å². The Bertz CT molecular complexity index is 994. The zero-order valence-corrected chi connectivity index (χ0v) is 14.6. The summed E-state index contributed by atoms with van der Waals surface area (Å²) in [6.45, 7) is 0.123. The van der Waals surface area contributed by atoms with E-state index in [-0.39, 0.29) is 23.5 Å². The van der Waals surface area contributed by atoms with E-state index in [2.05, 4.69) is 15.7 Å². The quantitative estimate of drug-likeness (QED) is 0.698. The summed E-state index contributed by atoms with van der Waals surface area (Å²) in [4.78, 5) is 24.8. The fourth-order valence-corrected chi connectivity index (χ4v) is 2.49. The Morgan fingerprint density at radius 1 is 1.18 bits per heavy atom. The second kappa shape index (κ2) is 7.59. The first-order valence-corrected chi connectivity index (χ1v) is 8.07. The maximum absolute atomic E-state index is 12.8. The van der Waals surface area contributed by atoms with Gasteiger partial charge in [-0.2, -0.15) is 18.3 Å². The average Bonchev–Trinajstić information content (AvgIpc) is 3.29. The van der Waals surface area contributed by atoms with Crippen molar-refractivity contribution in [2.24, 2.45) is 7.05 Å². The van der Waals surface area contributed by atoms with Crippen LogP contribution in [0.1, 0.15) is 32.2 Å². The van der Waals surface area contributed by atoms with E-state index in [1.54, 1.807) is 12.1 Å². The second-order valence-corrected chi connectivity index (χ2v) is 5.83. The van der Waals surface area contributed by atoms with Gasteiger partial charge in [-0.1, -0.05) is 6.07 Å². The fourth-order valence-electron chi connectivity index (χ4n) is 2.49. The van der Waals surface area contributed by atoms with Crippen molar-refractivity contribution in [3.8, 4) is 0 Å². The molecule has 0 aliphatic rings. The van der Waals surface area contributed by atoms with E-state index in [1.165, 1.54) is 30.3 Å². The van der Waals surface area contributed by atoms with Crippen LogP contribution in [-0.4, -0.2) is 21.6 Å². The minimum atomic E-state index is -4.57. The molecule has 2 heterocycles. The Kier molecular flexibility index (Phi) is 5.21. The predicted octanol–water partition coefficient (Wildman–Crippen LogP) is 3.21. The highest BCUT2D eigenvalue weighted by atomic mass is 19.4. The Labute approximate surface area is 157 Å². The van der Waals surface area contributed by atoms with Gasteiger partial charge in [-0.3, -0.25) is 14.3 Å². The smallest absolute Gasteiger partial charge is 0.416 e. The van der Waals surface area contributed by atoms with Gasteiger partial charge < -0.3 is 15.1 Å². The van der Waals surface area contributed by atoms with E-state index in [9.17, 15) is 22.8 Å². The maximum Gasteiger partial charge on any atom is 0.416 e. The number of furan rings is 1. The molecular formula is C18H15F3N4O3. The predicted molar refractivity (Wildman–Crippen MR) is 92.5 cm³/mol. The molecule has 7 nitrogen and oxygen atoms in total. The first kappa shape index (κ1) is 19.2. The third-order valence-electron chi connectivity index (χ3n) is 3.86. The molecule has 0 aliphatic heterocycles. The average molecular weight is 392 g/mol. The number of halogens is 3. The van der Waals surface area contributed by atoms with E-state index in [1.807, 2.05) is 0 Å². The Morgan fingerprint density at radius 2 is 1.96 bits per heavy atom. The monoisotopic (exact) mass is 392 g/mol. The number of hydrogen-bond donors (Lipinski definition) is 2. The molecule has 2 N–H and O–H groups in total. The van der Waals surface area contributed by atoms with Gasteiger partial charge in [0.25, 0.3) is 11.8 Å². The SMILES string of the molecule is Cn1ncc(NC(=O)c2cccc(C(F)(F)F)c2)c1C(=O)NCc1ccco1. The number of rotatable bonds is 5. The van der Waals surface area contributed by atoms with Crippen LogP contribution in [0.4, 0.5) is 18.9 Å². The summed E-state index contributed by atoms with van der Waals surface area (Å²) in [5, 5.41) is 8.97. The third-order valence-corrected chi connectivity index (χ3v) is 3.86. The molecule has 146 valence electrons. The van der Waals surface area contributed by atoms with Crippen molar-refractivity contribution in [3.63, 3.8) is 0 Å². The molecule has 10 heteroatoms. The first-order chi connectivity index (χ1) is 13.3. The Balaban J connectivity index is 1.76. The maximum atomic E-state index is 12.8. The van der Waals surface area contributed by atoms with Crippen LogP contribution in [0.3, 0.4) is 0 Å². The standard InChI is InChI=1S/C18H15F3N4O3/c1-25-15(17(27)22-9-13-6-3-7-28-13)14(10-23-25)24-16(26)11-4-2-5-12(8-11)18(19,20)21/h2-8,10H,9H2,1H3,(H,22,27)(H,24,26). The molecule has 28 heavy (non-hydrogen) atoms. The number of alkyl halides is 3. The van der Waals surface area contributed by atoms with Gasteiger partial charge in [0.1, 0.15) is 11.5 Å². The molecule has 0 unspecified atom stereocenters. The van der Waals surface area contributed by atoms with Crippen molar-refractivity contribution in [3.05, 3.63) is 71.4 Å². The Hall–Kier alpha value is -3.56. The molecule has 0 fully saturated rings. The largest absolute Gasteiger partial charge is 0.467 e. The van der Waals surface area contributed by atoms with Gasteiger partial charge in [-0.15, -0.1) is 0 Å². The summed E-state index contributed by atoms with van der Waals surface area (Å²) >= 11 is 0. The van der Waals surface area contributed by atoms with Crippen LogP contribution in [0.5, 0.6) is 0 Å². The molecular weight excluding hydrogens is 377 g/mol. The number of hydrogen-bond acceptors (Lipinski definition) is 4. The number of carbonyl (C=O) groups is 2.